The molecule has 2 amide bonds. The van der Waals surface area contributed by atoms with E-state index in [1.165, 1.54) is 0 Å². The molecule has 2 aromatic rings. The van der Waals surface area contributed by atoms with Crippen molar-refractivity contribution < 1.29 is 9.59 Å². The summed E-state index contributed by atoms with van der Waals surface area (Å²) in [5, 5.41) is 2.97. The van der Waals surface area contributed by atoms with Crippen LogP contribution in [0, 0.1) is 13.8 Å². The lowest BCUT2D eigenvalue weighted by atomic mass is 10.1. The van der Waals surface area contributed by atoms with E-state index in [0.717, 1.165) is 42.0 Å². The smallest absolute Gasteiger partial charge is 0.274 e. The van der Waals surface area contributed by atoms with Gasteiger partial charge in [0.25, 0.3) is 5.91 Å². The Bertz CT molecular complexity index is 762. The van der Waals surface area contributed by atoms with Gasteiger partial charge in [-0.2, -0.15) is 0 Å². The largest absolute Gasteiger partial charge is 0.368 e. The molecule has 1 fully saturated rings. The van der Waals surface area contributed by atoms with Crippen molar-refractivity contribution in [3.63, 3.8) is 0 Å². The molecule has 1 saturated heterocycles. The number of anilines is 2. The fraction of sp³-hybridized carbons (Fsp3) is 0.316. The van der Waals surface area contributed by atoms with E-state index in [1.54, 1.807) is 17.2 Å². The zero-order chi connectivity index (χ0) is 17.8. The highest BCUT2D eigenvalue weighted by Crippen LogP contribution is 2.21. The summed E-state index contributed by atoms with van der Waals surface area (Å²) < 4.78 is 0. The second-order valence-electron chi connectivity index (χ2n) is 6.25. The third-order valence-corrected chi connectivity index (χ3v) is 4.52. The minimum absolute atomic E-state index is 0.217. The third-order valence-electron chi connectivity index (χ3n) is 4.52. The molecule has 130 valence electrons. The first kappa shape index (κ1) is 17.0. The number of piperazine rings is 1. The number of benzene rings is 1. The number of rotatable bonds is 4. The molecule has 2 heterocycles. The van der Waals surface area contributed by atoms with Crippen LogP contribution in [0.3, 0.4) is 0 Å². The van der Waals surface area contributed by atoms with Crippen LogP contribution in [0.25, 0.3) is 0 Å². The highest BCUT2D eigenvalue weighted by molar-refractivity contribution is 6.04. The van der Waals surface area contributed by atoms with Gasteiger partial charge in [-0.3, -0.25) is 14.6 Å². The molecule has 0 unspecified atom stereocenters. The van der Waals surface area contributed by atoms with Crippen LogP contribution >= 0.6 is 0 Å². The molecule has 1 aliphatic heterocycles. The summed E-state index contributed by atoms with van der Waals surface area (Å²) in [7, 11) is 0. The van der Waals surface area contributed by atoms with Gasteiger partial charge < -0.3 is 15.1 Å². The monoisotopic (exact) mass is 338 g/mol. The van der Waals surface area contributed by atoms with Crippen molar-refractivity contribution in [2.24, 2.45) is 0 Å². The first-order valence-electron chi connectivity index (χ1n) is 8.36. The molecule has 6 heteroatoms. The van der Waals surface area contributed by atoms with Crippen LogP contribution in [0.4, 0.5) is 11.4 Å². The van der Waals surface area contributed by atoms with E-state index in [-0.39, 0.29) is 5.91 Å². The highest BCUT2D eigenvalue weighted by Gasteiger charge is 2.18. The van der Waals surface area contributed by atoms with Crippen LogP contribution in [0.2, 0.25) is 0 Å². The molecule has 25 heavy (non-hydrogen) atoms. The molecule has 0 aliphatic carbocycles. The van der Waals surface area contributed by atoms with Gasteiger partial charge in [-0.1, -0.05) is 18.2 Å². The van der Waals surface area contributed by atoms with Gasteiger partial charge in [0.05, 0.1) is 0 Å². The first-order chi connectivity index (χ1) is 12.1. The standard InChI is InChI=1S/C19H22N4O2/c1-14-4-3-5-15(2)18(14)21-19(25)17-12-16(6-7-20-17)23-10-8-22(13-24)9-11-23/h3-7,12-13H,8-11H2,1-2H3,(H,21,25). The van der Waals surface area contributed by atoms with E-state index in [2.05, 4.69) is 15.2 Å². The van der Waals surface area contributed by atoms with Gasteiger partial charge >= 0.3 is 0 Å². The number of para-hydroxylation sites is 1. The molecule has 0 bridgehead atoms. The minimum Gasteiger partial charge on any atom is -0.368 e. The summed E-state index contributed by atoms with van der Waals surface area (Å²) >= 11 is 0. The molecule has 1 aromatic heterocycles. The van der Waals surface area contributed by atoms with Crippen molar-refractivity contribution in [1.82, 2.24) is 9.88 Å². The zero-order valence-electron chi connectivity index (χ0n) is 14.5. The number of aromatic nitrogens is 1. The number of hydrogen-bond donors (Lipinski definition) is 1. The van der Waals surface area contributed by atoms with Crippen molar-refractivity contribution in [2.75, 3.05) is 36.4 Å². The van der Waals surface area contributed by atoms with Gasteiger partial charge in [0.1, 0.15) is 5.69 Å². The number of nitrogens with zero attached hydrogens (tertiary/aromatic N) is 3. The maximum Gasteiger partial charge on any atom is 0.274 e. The fourth-order valence-corrected chi connectivity index (χ4v) is 3.01. The van der Waals surface area contributed by atoms with Crippen LogP contribution in [0.1, 0.15) is 21.6 Å². The predicted molar refractivity (Wildman–Crippen MR) is 98.0 cm³/mol. The number of carbonyl (C=O) groups is 2. The Kier molecular flexibility index (Phi) is 4.97. The van der Waals surface area contributed by atoms with Crippen LogP contribution < -0.4 is 10.2 Å². The van der Waals surface area contributed by atoms with Crippen LogP contribution in [0.5, 0.6) is 0 Å². The Labute approximate surface area is 147 Å². The molecule has 0 atom stereocenters. The minimum atomic E-state index is -0.217. The summed E-state index contributed by atoms with van der Waals surface area (Å²) in [6.45, 7) is 6.82. The van der Waals surface area contributed by atoms with E-state index in [4.69, 9.17) is 0 Å². The molecule has 1 aliphatic rings. The number of amides is 2. The molecule has 0 spiro atoms. The molecule has 6 nitrogen and oxygen atoms in total. The summed E-state index contributed by atoms with van der Waals surface area (Å²) in [5.41, 5.74) is 4.22. The quantitative estimate of drug-likeness (QED) is 0.868. The van der Waals surface area contributed by atoms with Crippen molar-refractivity contribution in [3.05, 3.63) is 53.3 Å². The Balaban J connectivity index is 1.75. The van der Waals surface area contributed by atoms with E-state index >= 15 is 0 Å². The van der Waals surface area contributed by atoms with E-state index < -0.39 is 0 Å². The Hall–Kier alpha value is -2.89. The summed E-state index contributed by atoms with van der Waals surface area (Å²) in [6.07, 6.45) is 2.54. The molecule has 1 N–H and O–H groups in total. The second kappa shape index (κ2) is 7.34. The van der Waals surface area contributed by atoms with Gasteiger partial charge in [0, 0.05) is 43.8 Å². The van der Waals surface area contributed by atoms with E-state index in [0.29, 0.717) is 18.8 Å². The van der Waals surface area contributed by atoms with Gasteiger partial charge in [-0.25, -0.2) is 0 Å². The summed E-state index contributed by atoms with van der Waals surface area (Å²) in [5.74, 6) is -0.217. The third kappa shape index (κ3) is 3.79. The SMILES string of the molecule is Cc1cccc(C)c1NC(=O)c1cc(N2CCN(C=O)CC2)ccn1. The normalized spacial score (nSPS) is 14.3. The average Bonchev–Trinajstić information content (AvgIpc) is 2.65. The number of hydrogen-bond acceptors (Lipinski definition) is 4. The van der Waals surface area contributed by atoms with E-state index in [1.807, 2.05) is 38.1 Å². The Morgan fingerprint density at radius 1 is 1.12 bits per heavy atom. The fourth-order valence-electron chi connectivity index (χ4n) is 3.01. The molecule has 0 saturated carbocycles. The average molecular weight is 338 g/mol. The van der Waals surface area contributed by atoms with Crippen LogP contribution in [-0.4, -0.2) is 48.4 Å². The molecule has 3 rings (SSSR count). The molecule has 1 aromatic carbocycles. The first-order valence-corrected chi connectivity index (χ1v) is 8.36. The Morgan fingerprint density at radius 2 is 1.80 bits per heavy atom. The van der Waals surface area contributed by atoms with E-state index in [9.17, 15) is 9.59 Å². The van der Waals surface area contributed by atoms with Crippen LogP contribution in [-0.2, 0) is 4.79 Å². The maximum atomic E-state index is 12.6. The molecular weight excluding hydrogens is 316 g/mol. The van der Waals surface area contributed by atoms with Gasteiger partial charge in [0.15, 0.2) is 0 Å². The molecular formula is C19H22N4O2. The summed E-state index contributed by atoms with van der Waals surface area (Å²) in [4.78, 5) is 31.6. The zero-order valence-corrected chi connectivity index (χ0v) is 14.5. The predicted octanol–water partition coefficient (Wildman–Crippen LogP) is 2.23. The number of carbonyl (C=O) groups excluding carboxylic acids is 2. The highest BCUT2D eigenvalue weighted by atomic mass is 16.2. The number of pyridine rings is 1. The Morgan fingerprint density at radius 3 is 2.44 bits per heavy atom. The maximum absolute atomic E-state index is 12.6. The lowest BCUT2D eigenvalue weighted by molar-refractivity contribution is -0.118. The van der Waals surface area contributed by atoms with Crippen LogP contribution in [0.15, 0.2) is 36.5 Å². The van der Waals surface area contributed by atoms with Gasteiger partial charge in [-0.05, 0) is 37.1 Å². The second-order valence-corrected chi connectivity index (χ2v) is 6.25. The topological polar surface area (TPSA) is 65.5 Å². The van der Waals surface area contributed by atoms with Crippen molar-refractivity contribution in [2.45, 2.75) is 13.8 Å². The van der Waals surface area contributed by atoms with Crippen molar-refractivity contribution in [1.29, 1.82) is 0 Å². The molecule has 0 radical (unpaired) electrons. The van der Waals surface area contributed by atoms with Crippen molar-refractivity contribution >= 4 is 23.7 Å². The lowest BCUT2D eigenvalue weighted by Gasteiger charge is -2.34. The number of nitrogens with one attached hydrogen (secondary N) is 1. The lowest BCUT2D eigenvalue weighted by Crippen LogP contribution is -2.45. The van der Waals surface area contributed by atoms with Gasteiger partial charge in [0.2, 0.25) is 6.41 Å². The number of aryl methyl sites for hydroxylation is 2. The summed E-state index contributed by atoms with van der Waals surface area (Å²) in [6, 6.07) is 9.61. The van der Waals surface area contributed by atoms with Crippen molar-refractivity contribution in [3.8, 4) is 0 Å². The van der Waals surface area contributed by atoms with Gasteiger partial charge in [-0.15, -0.1) is 0 Å².